The van der Waals surface area contributed by atoms with Crippen molar-refractivity contribution in [2.45, 2.75) is 39.2 Å². The number of imidazole rings is 1. The van der Waals surface area contributed by atoms with Gasteiger partial charge in [0, 0.05) is 37.7 Å². The van der Waals surface area contributed by atoms with Crippen LogP contribution in [0.1, 0.15) is 39.2 Å². The Labute approximate surface area is 164 Å². The molecule has 1 N–H and O–H groups in total. The van der Waals surface area contributed by atoms with Crippen LogP contribution in [0.3, 0.4) is 0 Å². The number of anilines is 1. The van der Waals surface area contributed by atoms with Gasteiger partial charge in [-0.1, -0.05) is 30.3 Å². The highest BCUT2D eigenvalue weighted by molar-refractivity contribution is 5.86. The van der Waals surface area contributed by atoms with Crippen molar-refractivity contribution in [1.29, 1.82) is 0 Å². The highest BCUT2D eigenvalue weighted by Gasteiger charge is 2.20. The molecule has 7 nitrogen and oxygen atoms in total. The maximum Gasteiger partial charge on any atom is 0.222 e. The molecule has 0 radical (unpaired) electrons. The third-order valence-electron chi connectivity index (χ3n) is 5.09. The van der Waals surface area contributed by atoms with Gasteiger partial charge in [-0.25, -0.2) is 15.0 Å². The van der Waals surface area contributed by atoms with Gasteiger partial charge in [-0.15, -0.1) is 0 Å². The maximum absolute atomic E-state index is 11.7. The van der Waals surface area contributed by atoms with Gasteiger partial charge in [0.05, 0.1) is 0 Å². The van der Waals surface area contributed by atoms with E-state index in [1.54, 1.807) is 6.33 Å². The van der Waals surface area contributed by atoms with Crippen molar-refractivity contribution in [2.75, 3.05) is 25.0 Å². The number of carbonyl (C=O) groups excluding carboxylic acids is 1. The van der Waals surface area contributed by atoms with Gasteiger partial charge in [-0.2, -0.15) is 0 Å². The molecule has 0 spiro atoms. The molecule has 1 amide bonds. The highest BCUT2D eigenvalue weighted by atomic mass is 16.2. The van der Waals surface area contributed by atoms with Gasteiger partial charge in [0.2, 0.25) is 5.91 Å². The summed E-state index contributed by atoms with van der Waals surface area (Å²) in [5, 5.41) is 3.39. The van der Waals surface area contributed by atoms with Crippen LogP contribution in [0.25, 0.3) is 22.6 Å². The smallest absolute Gasteiger partial charge is 0.222 e. The van der Waals surface area contributed by atoms with Gasteiger partial charge in [0.15, 0.2) is 17.0 Å². The third kappa shape index (κ3) is 3.56. The predicted octanol–water partition coefficient (Wildman–Crippen LogP) is 3.50. The lowest BCUT2D eigenvalue weighted by Crippen LogP contribution is -2.27. The zero-order valence-electron chi connectivity index (χ0n) is 16.4. The number of hydrogen-bond acceptors (Lipinski definition) is 5. The molecule has 0 saturated carbocycles. The van der Waals surface area contributed by atoms with E-state index in [2.05, 4.69) is 45.8 Å². The molecule has 1 aliphatic heterocycles. The highest BCUT2D eigenvalue weighted by Crippen LogP contribution is 2.29. The Morgan fingerprint density at radius 2 is 2.00 bits per heavy atom. The lowest BCUT2D eigenvalue weighted by Gasteiger charge is -2.15. The molecule has 2 aromatic heterocycles. The number of benzene rings is 1. The number of fused-ring (bicyclic) bond motifs is 1. The van der Waals surface area contributed by atoms with Crippen molar-refractivity contribution in [3.8, 4) is 11.4 Å². The Kier molecular flexibility index (Phi) is 5.23. The van der Waals surface area contributed by atoms with Crippen LogP contribution < -0.4 is 5.32 Å². The summed E-state index contributed by atoms with van der Waals surface area (Å²) in [6.07, 6.45) is 4.14. The van der Waals surface area contributed by atoms with E-state index in [1.165, 1.54) is 0 Å². The van der Waals surface area contributed by atoms with Crippen LogP contribution in [0.5, 0.6) is 0 Å². The van der Waals surface area contributed by atoms with E-state index in [4.69, 9.17) is 4.98 Å². The number of nitrogens with one attached hydrogen (secondary N) is 1. The average Bonchev–Trinajstić information content (AvgIpc) is 3.29. The molecule has 0 unspecified atom stereocenters. The number of amides is 1. The Balaban J connectivity index is 1.57. The Morgan fingerprint density at radius 1 is 1.18 bits per heavy atom. The molecule has 0 bridgehead atoms. The number of likely N-dealkylation sites (tertiary alicyclic amines) is 1. The molecular weight excluding hydrogens is 352 g/mol. The van der Waals surface area contributed by atoms with Crippen molar-refractivity contribution in [1.82, 2.24) is 24.4 Å². The van der Waals surface area contributed by atoms with Crippen LogP contribution in [0.4, 0.5) is 5.82 Å². The first-order valence-corrected chi connectivity index (χ1v) is 9.95. The summed E-state index contributed by atoms with van der Waals surface area (Å²) >= 11 is 0. The van der Waals surface area contributed by atoms with Crippen LogP contribution in [0.15, 0.2) is 36.7 Å². The van der Waals surface area contributed by atoms with Crippen molar-refractivity contribution in [3.63, 3.8) is 0 Å². The van der Waals surface area contributed by atoms with Crippen molar-refractivity contribution >= 4 is 22.9 Å². The van der Waals surface area contributed by atoms with Crippen LogP contribution >= 0.6 is 0 Å². The summed E-state index contributed by atoms with van der Waals surface area (Å²) < 4.78 is 2.15. The fourth-order valence-electron chi connectivity index (χ4n) is 3.74. The van der Waals surface area contributed by atoms with E-state index in [9.17, 15) is 4.79 Å². The molecule has 3 heterocycles. The first kappa shape index (κ1) is 18.4. The number of rotatable bonds is 7. The molecule has 4 rings (SSSR count). The molecule has 1 aromatic carbocycles. The summed E-state index contributed by atoms with van der Waals surface area (Å²) in [5.74, 6) is 1.92. The summed E-state index contributed by atoms with van der Waals surface area (Å²) in [6, 6.07) is 10.4. The summed E-state index contributed by atoms with van der Waals surface area (Å²) in [7, 11) is 0. The molecule has 28 heavy (non-hydrogen) atoms. The quantitative estimate of drug-likeness (QED) is 0.637. The lowest BCUT2D eigenvalue weighted by molar-refractivity contribution is -0.127. The number of aromatic nitrogens is 4. The van der Waals surface area contributed by atoms with Gasteiger partial charge in [-0.05, 0) is 26.7 Å². The summed E-state index contributed by atoms with van der Waals surface area (Å²) in [6.45, 7) is 6.68. The first-order valence-electron chi connectivity index (χ1n) is 9.95. The van der Waals surface area contributed by atoms with Crippen LogP contribution in [-0.2, 0) is 4.79 Å². The van der Waals surface area contributed by atoms with Crippen LogP contribution in [-0.4, -0.2) is 50.0 Å². The van der Waals surface area contributed by atoms with E-state index in [0.717, 1.165) is 60.8 Å². The Hall–Kier alpha value is -2.96. The van der Waals surface area contributed by atoms with Crippen molar-refractivity contribution < 1.29 is 4.79 Å². The normalized spacial score (nSPS) is 14.4. The lowest BCUT2D eigenvalue weighted by atomic mass is 10.2. The van der Waals surface area contributed by atoms with Crippen molar-refractivity contribution in [3.05, 3.63) is 36.7 Å². The van der Waals surface area contributed by atoms with Crippen LogP contribution in [0, 0.1) is 0 Å². The van der Waals surface area contributed by atoms with E-state index in [1.807, 2.05) is 23.1 Å². The molecule has 146 valence electrons. The van der Waals surface area contributed by atoms with Gasteiger partial charge < -0.3 is 14.8 Å². The Bertz CT molecular complexity index is 966. The third-order valence-corrected chi connectivity index (χ3v) is 5.09. The fourth-order valence-corrected chi connectivity index (χ4v) is 3.74. The molecule has 0 atom stereocenters. The van der Waals surface area contributed by atoms with E-state index >= 15 is 0 Å². The second-order valence-electron chi connectivity index (χ2n) is 7.42. The molecule has 1 aliphatic rings. The SMILES string of the molecule is CC(C)n1c(-c2ccccc2)nc2c(NCCCN3CCCC3=O)ncnc21. The average molecular weight is 378 g/mol. The largest absolute Gasteiger partial charge is 0.368 e. The fraction of sp³-hybridized carbons (Fsp3) is 0.429. The minimum Gasteiger partial charge on any atom is -0.368 e. The second-order valence-corrected chi connectivity index (χ2v) is 7.42. The molecule has 1 fully saturated rings. The first-order chi connectivity index (χ1) is 13.6. The Morgan fingerprint density at radius 3 is 2.71 bits per heavy atom. The number of nitrogens with zero attached hydrogens (tertiary/aromatic N) is 5. The minimum absolute atomic E-state index is 0.226. The molecular formula is C21H26N6O. The maximum atomic E-state index is 11.7. The molecule has 0 aliphatic carbocycles. The van der Waals surface area contributed by atoms with Crippen LogP contribution in [0.2, 0.25) is 0 Å². The van der Waals surface area contributed by atoms with Gasteiger partial charge in [0.1, 0.15) is 12.2 Å². The van der Waals surface area contributed by atoms with Crippen molar-refractivity contribution in [2.24, 2.45) is 0 Å². The topological polar surface area (TPSA) is 75.9 Å². The predicted molar refractivity (Wildman–Crippen MR) is 110 cm³/mol. The molecule has 1 saturated heterocycles. The van der Waals surface area contributed by atoms with E-state index < -0.39 is 0 Å². The standard InChI is InChI=1S/C21H26N6O/c1-15(2)27-20(16-8-4-3-5-9-16)25-18-19(23-14-24-21(18)27)22-11-7-13-26-12-6-10-17(26)28/h3-5,8-9,14-15H,6-7,10-13H2,1-2H3,(H,22,23,24). The second kappa shape index (κ2) is 7.96. The monoisotopic (exact) mass is 378 g/mol. The zero-order valence-corrected chi connectivity index (χ0v) is 16.4. The number of carbonyl (C=O) groups is 1. The van der Waals surface area contributed by atoms with E-state index in [-0.39, 0.29) is 11.9 Å². The number of hydrogen-bond donors (Lipinski definition) is 1. The van der Waals surface area contributed by atoms with E-state index in [0.29, 0.717) is 6.42 Å². The molecule has 7 heteroatoms. The minimum atomic E-state index is 0.226. The zero-order chi connectivity index (χ0) is 19.5. The van der Waals surface area contributed by atoms with Gasteiger partial charge in [-0.3, -0.25) is 4.79 Å². The summed E-state index contributed by atoms with van der Waals surface area (Å²) in [5.41, 5.74) is 2.68. The molecule has 3 aromatic rings. The van der Waals surface area contributed by atoms with Gasteiger partial charge >= 0.3 is 0 Å². The summed E-state index contributed by atoms with van der Waals surface area (Å²) in [4.78, 5) is 27.5. The van der Waals surface area contributed by atoms with Gasteiger partial charge in [0.25, 0.3) is 0 Å².